The highest BCUT2D eigenvalue weighted by Crippen LogP contribution is 2.34. The second kappa shape index (κ2) is 27.9. The number of aliphatic hydroxyl groups is 1. The van der Waals surface area contributed by atoms with Crippen molar-refractivity contribution in [3.05, 3.63) is 164 Å². The number of hydrogen-bond donors (Lipinski definition) is 9. The third kappa shape index (κ3) is 16.8. The summed E-state index contributed by atoms with van der Waals surface area (Å²) in [6.07, 6.45) is 3.81. The number of nitrogens with two attached hydrogens (primary N) is 1. The Bertz CT molecular complexity index is 3910. The smallest absolute Gasteiger partial charge is 0.474 e. The summed E-state index contributed by atoms with van der Waals surface area (Å²) >= 11 is 5.80. The molecule has 27 nitrogen and oxygen atoms in total. The number of rotatable bonds is 10. The van der Waals surface area contributed by atoms with Crippen molar-refractivity contribution in [3.8, 4) is 11.1 Å². The molecule has 12 rings (SSSR count). The average Bonchev–Trinajstić information content (AvgIpc) is 2.29. The lowest BCUT2D eigenvalue weighted by Gasteiger charge is -2.13. The highest BCUT2D eigenvalue weighted by molar-refractivity contribution is 6.62. The summed E-state index contributed by atoms with van der Waals surface area (Å²) in [5.74, 6) is -0.204. The molecule has 9 heterocycles. The van der Waals surface area contributed by atoms with E-state index in [0.29, 0.717) is 72.4 Å². The number of halogens is 1. The SMILES string of the molecule is CC(C)(C)c1noc(C(=O)NCc2ccc(-c3ccnc4c3CC(=O)N4)c(CO)c2)n1.CC(C)(C)c1noc(C(=O)NCc2ccc3c(c2)COB3O)n1.CC(C)(C)c1noc(C(=O)O)n1.NCc1ccc2c(c1)COB2O.O=C1Cc2c(Cl)ccnc2N1. The largest absolute Gasteiger partial charge is 0.491 e. The Morgan fingerprint density at radius 2 is 1.04 bits per heavy atom. The Kier molecular flexibility index (Phi) is 20.7. The van der Waals surface area contributed by atoms with Crippen LogP contribution in [0.2, 0.25) is 5.02 Å². The number of carboxylic acid groups (broad SMARTS) is 1. The number of hydrogen-bond acceptors (Lipinski definition) is 22. The fourth-order valence-corrected chi connectivity index (χ4v) is 8.99. The summed E-state index contributed by atoms with van der Waals surface area (Å²) in [5, 5.41) is 59.9. The van der Waals surface area contributed by atoms with Crippen molar-refractivity contribution in [2.24, 2.45) is 5.73 Å². The van der Waals surface area contributed by atoms with E-state index in [1.165, 1.54) is 0 Å². The fourth-order valence-electron chi connectivity index (χ4n) is 8.78. The summed E-state index contributed by atoms with van der Waals surface area (Å²) in [6.45, 7) is 19.0. The van der Waals surface area contributed by atoms with Crippen molar-refractivity contribution in [1.82, 2.24) is 51.0 Å². The third-order valence-corrected chi connectivity index (χ3v) is 14.0. The maximum Gasteiger partial charge on any atom is 0.491 e. The van der Waals surface area contributed by atoms with Gasteiger partial charge >= 0.3 is 49.7 Å². The van der Waals surface area contributed by atoms with Gasteiger partial charge in [-0.15, -0.1) is 0 Å². The van der Waals surface area contributed by atoms with Crippen LogP contribution in [-0.2, 0) is 87.4 Å². The third-order valence-electron chi connectivity index (χ3n) is 13.6. The monoisotopic (exact) mass is 1240 g/mol. The van der Waals surface area contributed by atoms with E-state index < -0.39 is 32.0 Å². The molecule has 0 spiro atoms. The van der Waals surface area contributed by atoms with E-state index in [0.717, 1.165) is 61.0 Å². The van der Waals surface area contributed by atoms with Gasteiger partial charge in [-0.25, -0.2) is 14.8 Å². The van der Waals surface area contributed by atoms with Crippen LogP contribution in [0.15, 0.2) is 92.7 Å². The van der Waals surface area contributed by atoms with E-state index in [9.17, 15) is 39.1 Å². The maximum absolute atomic E-state index is 12.4. The van der Waals surface area contributed by atoms with Crippen molar-refractivity contribution in [2.75, 3.05) is 10.6 Å². The van der Waals surface area contributed by atoms with Crippen LogP contribution in [0, 0.1) is 0 Å². The summed E-state index contributed by atoms with van der Waals surface area (Å²) in [4.78, 5) is 77.5. The van der Waals surface area contributed by atoms with Crippen LogP contribution in [0.4, 0.5) is 11.6 Å². The van der Waals surface area contributed by atoms with Crippen LogP contribution in [0.3, 0.4) is 0 Å². The van der Waals surface area contributed by atoms with Gasteiger partial charge in [-0.1, -0.05) is 144 Å². The molecule has 0 unspecified atom stereocenters. The highest BCUT2D eigenvalue weighted by atomic mass is 35.5. The Labute approximate surface area is 516 Å². The van der Waals surface area contributed by atoms with Crippen molar-refractivity contribution in [3.63, 3.8) is 0 Å². The topological polar surface area (TPSA) is 401 Å². The number of amides is 4. The van der Waals surface area contributed by atoms with Gasteiger partial charge in [0.25, 0.3) is 0 Å². The minimum absolute atomic E-state index is 0.0411. The fraction of sp³-hybridized carbons (Fsp3) is 0.339. The molecular weight excluding hydrogens is 1170 g/mol. The minimum Gasteiger partial charge on any atom is -0.474 e. The summed E-state index contributed by atoms with van der Waals surface area (Å²) in [6, 6.07) is 20.4. The van der Waals surface area contributed by atoms with Gasteiger partial charge in [0.1, 0.15) is 11.6 Å². The number of anilines is 2. The lowest BCUT2D eigenvalue weighted by molar-refractivity contribution is -0.115. The van der Waals surface area contributed by atoms with Crippen molar-refractivity contribution >= 4 is 78.0 Å². The number of aromatic nitrogens is 8. The summed E-state index contributed by atoms with van der Waals surface area (Å²) in [7, 11) is -1.60. The molecular formula is C59H66B2ClN13O14. The molecule has 4 aliphatic heterocycles. The molecule has 3 aromatic carbocycles. The molecule has 4 amide bonds. The molecule has 8 aromatic rings. The minimum atomic E-state index is -1.20. The molecule has 4 aliphatic rings. The normalized spacial score (nSPS) is 13.6. The van der Waals surface area contributed by atoms with Crippen LogP contribution in [-0.4, -0.2) is 104 Å². The van der Waals surface area contributed by atoms with Gasteiger partial charge in [0.2, 0.25) is 11.8 Å². The number of fused-ring (bicyclic) bond motifs is 4. The van der Waals surface area contributed by atoms with E-state index in [2.05, 4.69) is 66.2 Å². The second-order valence-electron chi connectivity index (χ2n) is 23.7. The standard InChI is InChI=1S/C22H23N5O4.C15H18BN3O4.C8H10BNO2.C7H5ClN2O.C7H10N2O3/c1-22(2,3)21-26-20(31-27-21)19(30)24-10-12-4-5-14(13(8-12)11-28)15-6-7-23-18-16(15)9-17(29)25-18;1-15(2,3)14-18-13(23-19-14)12(20)17-7-9-4-5-11-10(6-9)8-22-16(11)21;10-4-6-1-2-8-7(3-6)5-12-9(8)11;8-5-1-2-9-7-4(5)3-6(11)10-7;1-7(2,3)6-8-4(5(10)11)12-9-6/h4-8,28H,9-11H2,1-3H3,(H,24,30)(H,23,25,29);4-6,21H,7-8H2,1-3H3,(H,17,20);1-3,11H,4-5,10H2;1-2H,3H2,(H,9,10,11);1-3H3,(H,10,11). The van der Waals surface area contributed by atoms with Crippen molar-refractivity contribution < 1.29 is 67.1 Å². The molecule has 0 radical (unpaired) electrons. The number of carbonyl (C=O) groups excluding carboxylic acids is 4. The van der Waals surface area contributed by atoms with Gasteiger partial charge in [-0.05, 0) is 67.6 Å². The van der Waals surface area contributed by atoms with E-state index in [1.807, 2.05) is 117 Å². The van der Waals surface area contributed by atoms with E-state index in [-0.39, 0.29) is 65.3 Å². The lowest BCUT2D eigenvalue weighted by Crippen LogP contribution is -2.28. The highest BCUT2D eigenvalue weighted by Gasteiger charge is 2.31. The van der Waals surface area contributed by atoms with Gasteiger partial charge in [0.05, 0.1) is 32.7 Å². The Morgan fingerprint density at radius 1 is 0.607 bits per heavy atom. The molecule has 0 atom stereocenters. The zero-order chi connectivity index (χ0) is 64.5. The Hall–Kier alpha value is -9.09. The number of nitrogens with one attached hydrogen (secondary N) is 4. The second-order valence-corrected chi connectivity index (χ2v) is 24.1. The van der Waals surface area contributed by atoms with Crippen LogP contribution in [0.1, 0.15) is 156 Å². The quantitative estimate of drug-likeness (QED) is 0.0850. The van der Waals surface area contributed by atoms with Crippen molar-refractivity contribution in [1.29, 1.82) is 0 Å². The molecule has 10 N–H and O–H groups in total. The molecule has 0 fully saturated rings. The predicted molar refractivity (Wildman–Crippen MR) is 323 cm³/mol. The van der Waals surface area contributed by atoms with Crippen molar-refractivity contribution in [2.45, 2.75) is 131 Å². The zero-order valence-corrected chi connectivity index (χ0v) is 51.0. The Morgan fingerprint density at radius 3 is 1.51 bits per heavy atom. The molecule has 0 saturated heterocycles. The molecule has 0 saturated carbocycles. The predicted octanol–water partition coefficient (Wildman–Crippen LogP) is 4.52. The van der Waals surface area contributed by atoms with Gasteiger partial charge < -0.3 is 70.1 Å². The number of carboxylic acids is 1. The molecule has 0 bridgehead atoms. The number of benzene rings is 3. The maximum atomic E-state index is 12.4. The summed E-state index contributed by atoms with van der Waals surface area (Å²) in [5.41, 5.74) is 15.0. The number of aliphatic hydroxyl groups excluding tert-OH is 1. The zero-order valence-electron chi connectivity index (χ0n) is 50.2. The molecule has 89 heavy (non-hydrogen) atoms. The number of aromatic carboxylic acids is 1. The molecule has 464 valence electrons. The first-order chi connectivity index (χ1) is 42.1. The first-order valence-electron chi connectivity index (χ1n) is 27.9. The lowest BCUT2D eigenvalue weighted by atomic mass is 9.79. The number of nitrogens with zero attached hydrogens (tertiary/aromatic N) is 8. The number of pyridine rings is 2. The van der Waals surface area contributed by atoms with Gasteiger partial charge in [0, 0.05) is 64.4 Å². The van der Waals surface area contributed by atoms with E-state index in [4.69, 9.17) is 40.8 Å². The van der Waals surface area contributed by atoms with Crippen LogP contribution < -0.4 is 37.9 Å². The Balaban J connectivity index is 0.000000154. The van der Waals surface area contributed by atoms with E-state index in [1.54, 1.807) is 24.5 Å². The van der Waals surface area contributed by atoms with Gasteiger partial charge in [-0.3, -0.25) is 19.2 Å². The van der Waals surface area contributed by atoms with Crippen LogP contribution in [0.25, 0.3) is 11.1 Å². The molecule has 30 heteroatoms. The molecule has 5 aromatic heterocycles. The number of carbonyl (C=O) groups is 5. The first-order valence-corrected chi connectivity index (χ1v) is 28.3. The van der Waals surface area contributed by atoms with E-state index >= 15 is 0 Å². The van der Waals surface area contributed by atoms with Gasteiger partial charge in [0.15, 0.2) is 17.5 Å². The van der Waals surface area contributed by atoms with Crippen LogP contribution in [0.5, 0.6) is 0 Å². The average molecular weight is 1240 g/mol. The molecule has 0 aliphatic carbocycles. The summed E-state index contributed by atoms with van der Waals surface area (Å²) < 4.78 is 24.7. The van der Waals surface area contributed by atoms with Crippen LogP contribution >= 0.6 is 11.6 Å². The van der Waals surface area contributed by atoms with Gasteiger partial charge in [-0.2, -0.15) is 15.0 Å². The first kappa shape index (κ1) is 65.9.